The van der Waals surface area contributed by atoms with Crippen molar-refractivity contribution in [2.45, 2.75) is 19.3 Å². The van der Waals surface area contributed by atoms with E-state index in [-0.39, 0.29) is 17.4 Å². The maximum atomic E-state index is 11.1. The van der Waals surface area contributed by atoms with Crippen LogP contribution in [0.5, 0.6) is 0 Å². The van der Waals surface area contributed by atoms with Gasteiger partial charge in [-0.3, -0.25) is 0 Å². The molecule has 0 aromatic heterocycles. The Balaban J connectivity index is 2.41. The van der Waals surface area contributed by atoms with Gasteiger partial charge in [-0.2, -0.15) is 0 Å². The first-order valence-corrected chi connectivity index (χ1v) is 8.79. The van der Waals surface area contributed by atoms with E-state index in [1.54, 1.807) is 0 Å². The molecule has 1 saturated heterocycles. The van der Waals surface area contributed by atoms with Gasteiger partial charge in [0.2, 0.25) is 0 Å². The Labute approximate surface area is 94.7 Å². The summed E-state index contributed by atoms with van der Waals surface area (Å²) < 4.78 is 43.3. The summed E-state index contributed by atoms with van der Waals surface area (Å²) >= 11 is 0. The zero-order valence-electron chi connectivity index (χ0n) is 8.10. The van der Waals surface area contributed by atoms with Crippen molar-refractivity contribution in [3.8, 4) is 0 Å². The number of rotatable bonds is 3. The molecule has 0 spiro atoms. The van der Waals surface area contributed by atoms with Gasteiger partial charge in [-0.25, -0.2) is 16.8 Å². The molecule has 1 fully saturated rings. The van der Waals surface area contributed by atoms with E-state index in [0.717, 1.165) is 5.41 Å². The first-order chi connectivity index (χ1) is 6.79. The van der Waals surface area contributed by atoms with Crippen LogP contribution in [0.25, 0.3) is 0 Å². The fourth-order valence-electron chi connectivity index (χ4n) is 1.54. The zero-order valence-corrected chi connectivity index (χ0v) is 10.5. The average molecular weight is 273 g/mol. The Morgan fingerprint density at radius 2 is 1.80 bits per heavy atom. The van der Waals surface area contributed by atoms with Crippen LogP contribution in [-0.4, -0.2) is 28.3 Å². The molecule has 0 bridgehead atoms. The van der Waals surface area contributed by atoms with Gasteiger partial charge in [0.25, 0.3) is 9.05 Å². The predicted molar refractivity (Wildman–Crippen MR) is 59.9 cm³/mol. The lowest BCUT2D eigenvalue weighted by Crippen LogP contribution is -2.22. The Morgan fingerprint density at radius 1 is 1.27 bits per heavy atom. The molecular weight excluding hydrogens is 260 g/mol. The van der Waals surface area contributed by atoms with Gasteiger partial charge in [-0.1, -0.05) is 6.08 Å². The van der Waals surface area contributed by atoms with E-state index < -0.39 is 18.9 Å². The molecule has 0 saturated carbocycles. The van der Waals surface area contributed by atoms with Gasteiger partial charge in [0.05, 0.1) is 11.5 Å². The zero-order chi connectivity index (χ0) is 11.5. The molecule has 1 aliphatic rings. The van der Waals surface area contributed by atoms with Crippen LogP contribution < -0.4 is 0 Å². The summed E-state index contributed by atoms with van der Waals surface area (Å²) in [7, 11) is -1.43. The predicted octanol–water partition coefficient (Wildman–Crippen LogP) is 1.28. The molecule has 4 nitrogen and oxygen atoms in total. The molecule has 0 N–H and O–H groups in total. The van der Waals surface area contributed by atoms with Crippen LogP contribution in [0.4, 0.5) is 0 Å². The number of allylic oxidation sites excluding steroid dienone is 1. The summed E-state index contributed by atoms with van der Waals surface area (Å²) in [4.78, 5) is 0. The SMILES string of the molecule is O=S(=O)(Cl)/C=C\CC1CCS(=O)(=O)CC1. The van der Waals surface area contributed by atoms with Crippen molar-refractivity contribution in [3.05, 3.63) is 11.5 Å². The third-order valence-corrected chi connectivity index (χ3v) is 4.94. The third-order valence-electron chi connectivity index (χ3n) is 2.40. The van der Waals surface area contributed by atoms with Crippen LogP contribution >= 0.6 is 10.7 Å². The normalized spacial score (nSPS) is 23.3. The quantitative estimate of drug-likeness (QED) is 0.726. The highest BCUT2D eigenvalue weighted by Gasteiger charge is 2.22. The minimum absolute atomic E-state index is 0.207. The highest BCUT2D eigenvalue weighted by atomic mass is 35.7. The van der Waals surface area contributed by atoms with Gasteiger partial charge in [0, 0.05) is 16.1 Å². The largest absolute Gasteiger partial charge is 0.254 e. The van der Waals surface area contributed by atoms with Gasteiger partial charge in [-0.15, -0.1) is 0 Å². The minimum atomic E-state index is -3.57. The van der Waals surface area contributed by atoms with E-state index in [4.69, 9.17) is 10.7 Å². The molecule has 7 heteroatoms. The summed E-state index contributed by atoms with van der Waals surface area (Å²) in [5, 5.41) is 0.956. The highest BCUT2D eigenvalue weighted by molar-refractivity contribution is 8.16. The second kappa shape index (κ2) is 4.84. The van der Waals surface area contributed by atoms with Gasteiger partial charge in [0.15, 0.2) is 0 Å². The van der Waals surface area contributed by atoms with Crippen molar-refractivity contribution >= 4 is 29.6 Å². The van der Waals surface area contributed by atoms with Gasteiger partial charge < -0.3 is 0 Å². The average Bonchev–Trinajstić information content (AvgIpc) is 2.06. The fraction of sp³-hybridized carbons (Fsp3) is 0.750. The topological polar surface area (TPSA) is 68.3 Å². The van der Waals surface area contributed by atoms with Crippen molar-refractivity contribution in [3.63, 3.8) is 0 Å². The Kier molecular flexibility index (Phi) is 4.20. The molecule has 0 atom stereocenters. The molecule has 0 amide bonds. The number of hydrogen-bond donors (Lipinski definition) is 0. The summed E-state index contributed by atoms with van der Waals surface area (Å²) in [5.41, 5.74) is 0. The summed E-state index contributed by atoms with van der Waals surface area (Å²) in [6.07, 6.45) is 3.27. The van der Waals surface area contributed by atoms with E-state index in [9.17, 15) is 16.8 Å². The smallest absolute Gasteiger partial charge is 0.229 e. The van der Waals surface area contributed by atoms with E-state index in [1.165, 1.54) is 6.08 Å². The lowest BCUT2D eigenvalue weighted by molar-refractivity contribution is 0.470. The lowest BCUT2D eigenvalue weighted by atomic mass is 9.99. The molecule has 0 radical (unpaired) electrons. The summed E-state index contributed by atoms with van der Waals surface area (Å²) in [6.45, 7) is 0. The van der Waals surface area contributed by atoms with Crippen molar-refractivity contribution in [1.29, 1.82) is 0 Å². The van der Waals surface area contributed by atoms with Crippen LogP contribution in [0.15, 0.2) is 11.5 Å². The standard InChI is InChI=1S/C8H13ClO4S2/c9-15(12,13)5-1-2-8-3-6-14(10,11)7-4-8/h1,5,8H,2-4,6-7H2/b5-1-. The molecule has 0 unspecified atom stereocenters. The molecular formula is C8H13ClO4S2. The van der Waals surface area contributed by atoms with Crippen molar-refractivity contribution < 1.29 is 16.8 Å². The van der Waals surface area contributed by atoms with E-state index in [2.05, 4.69) is 0 Å². The summed E-state index contributed by atoms with van der Waals surface area (Å²) in [6, 6.07) is 0. The number of halogens is 1. The van der Waals surface area contributed by atoms with Gasteiger partial charge in [0.1, 0.15) is 9.84 Å². The number of sulfone groups is 1. The first-order valence-electron chi connectivity index (χ1n) is 4.60. The molecule has 1 heterocycles. The molecule has 0 aliphatic carbocycles. The maximum Gasteiger partial charge on any atom is 0.254 e. The third kappa shape index (κ3) is 5.53. The monoisotopic (exact) mass is 272 g/mol. The van der Waals surface area contributed by atoms with E-state index in [0.29, 0.717) is 19.3 Å². The van der Waals surface area contributed by atoms with Crippen molar-refractivity contribution in [2.75, 3.05) is 11.5 Å². The van der Waals surface area contributed by atoms with Crippen molar-refractivity contribution in [2.24, 2.45) is 5.92 Å². The minimum Gasteiger partial charge on any atom is -0.229 e. The molecule has 15 heavy (non-hydrogen) atoms. The first kappa shape index (κ1) is 13.0. The van der Waals surface area contributed by atoms with Crippen LogP contribution in [0.2, 0.25) is 0 Å². The lowest BCUT2D eigenvalue weighted by Gasteiger charge is -2.20. The van der Waals surface area contributed by atoms with Crippen LogP contribution in [0.1, 0.15) is 19.3 Å². The van der Waals surface area contributed by atoms with Crippen LogP contribution in [-0.2, 0) is 18.9 Å². The van der Waals surface area contributed by atoms with E-state index >= 15 is 0 Å². The number of hydrogen-bond acceptors (Lipinski definition) is 4. The van der Waals surface area contributed by atoms with Crippen LogP contribution in [0.3, 0.4) is 0 Å². The Bertz CT molecular complexity index is 421. The fourth-order valence-corrected chi connectivity index (χ4v) is 3.69. The highest BCUT2D eigenvalue weighted by Crippen LogP contribution is 2.22. The Morgan fingerprint density at radius 3 is 2.27 bits per heavy atom. The maximum absolute atomic E-state index is 11.1. The second-order valence-corrected chi connectivity index (χ2v) is 8.50. The molecule has 88 valence electrons. The van der Waals surface area contributed by atoms with Crippen molar-refractivity contribution in [1.82, 2.24) is 0 Å². The molecule has 1 aliphatic heterocycles. The van der Waals surface area contributed by atoms with E-state index in [1.807, 2.05) is 0 Å². The molecule has 0 aromatic carbocycles. The second-order valence-electron chi connectivity index (χ2n) is 3.68. The molecule has 0 aromatic rings. The Hall–Kier alpha value is -0.0700. The summed E-state index contributed by atoms with van der Waals surface area (Å²) in [5.74, 6) is 0.668. The van der Waals surface area contributed by atoms with Crippen LogP contribution in [0, 0.1) is 5.92 Å². The van der Waals surface area contributed by atoms with Gasteiger partial charge in [-0.05, 0) is 25.2 Å². The van der Waals surface area contributed by atoms with Gasteiger partial charge >= 0.3 is 0 Å². The molecule has 1 rings (SSSR count).